The van der Waals surface area contributed by atoms with Crippen LogP contribution in [0.25, 0.3) is 6.08 Å². The first-order valence-corrected chi connectivity index (χ1v) is 5.99. The fourth-order valence-electron chi connectivity index (χ4n) is 1.40. The van der Waals surface area contributed by atoms with E-state index < -0.39 is 10.8 Å². The smallest absolute Gasteiger partial charge is 0.267 e. The summed E-state index contributed by atoms with van der Waals surface area (Å²) in [6.45, 7) is 0. The predicted octanol–water partition coefficient (Wildman–Crippen LogP) is 1.67. The van der Waals surface area contributed by atoms with Gasteiger partial charge in [-0.05, 0) is 12.1 Å². The maximum atomic E-state index is 11.7. The zero-order chi connectivity index (χ0) is 13.3. The zero-order valence-corrected chi connectivity index (χ0v) is 10.5. The first kappa shape index (κ1) is 12.7. The number of hydrazine groups is 1. The van der Waals surface area contributed by atoms with Crippen LogP contribution in [-0.4, -0.2) is 20.2 Å². The minimum Gasteiger partial charge on any atom is -0.267 e. The molecule has 0 aliphatic carbocycles. The third-order valence-electron chi connectivity index (χ3n) is 2.24. The summed E-state index contributed by atoms with van der Waals surface area (Å²) in [6, 6.07) is 6.14. The number of para-hydroxylation sites is 1. The van der Waals surface area contributed by atoms with Gasteiger partial charge in [0, 0.05) is 6.07 Å². The van der Waals surface area contributed by atoms with Crippen LogP contribution in [0.2, 0.25) is 0 Å². The molecular weight excluding hydrogens is 274 g/mol. The van der Waals surface area contributed by atoms with E-state index in [0.717, 1.165) is 16.8 Å². The van der Waals surface area contributed by atoms with Crippen molar-refractivity contribution in [2.45, 2.75) is 0 Å². The van der Waals surface area contributed by atoms with Gasteiger partial charge in [0.25, 0.3) is 11.6 Å². The monoisotopic (exact) mass is 281 g/mol. The van der Waals surface area contributed by atoms with Crippen molar-refractivity contribution in [1.82, 2.24) is 5.01 Å². The van der Waals surface area contributed by atoms with Gasteiger partial charge in [0.1, 0.15) is 0 Å². The van der Waals surface area contributed by atoms with Crippen LogP contribution in [0.1, 0.15) is 5.56 Å². The maximum absolute atomic E-state index is 11.7. The number of nitrogens with zero attached hydrogens (tertiary/aromatic N) is 2. The van der Waals surface area contributed by atoms with Crippen LogP contribution in [0.15, 0.2) is 29.2 Å². The third-order valence-corrected chi connectivity index (χ3v) is 3.57. The molecule has 1 fully saturated rings. The van der Waals surface area contributed by atoms with Gasteiger partial charge in [-0.2, -0.15) is 0 Å². The minimum atomic E-state index is -0.505. The highest BCUT2D eigenvalue weighted by Crippen LogP contribution is 2.32. The highest BCUT2D eigenvalue weighted by molar-refractivity contribution is 8.26. The van der Waals surface area contributed by atoms with Crippen molar-refractivity contribution >= 4 is 46.0 Å². The van der Waals surface area contributed by atoms with Crippen molar-refractivity contribution in [2.24, 2.45) is 5.84 Å². The van der Waals surface area contributed by atoms with Crippen molar-refractivity contribution < 1.29 is 9.72 Å². The number of rotatable bonds is 2. The number of thioether (sulfide) groups is 1. The van der Waals surface area contributed by atoms with Crippen LogP contribution in [0, 0.1) is 10.1 Å². The molecule has 1 heterocycles. The SMILES string of the molecule is NN1C(=O)/C(=C\c2ccccc2[N+](=O)[O-])SC1=S. The Bertz CT molecular complexity index is 585. The Hall–Kier alpha value is -1.77. The highest BCUT2D eigenvalue weighted by atomic mass is 32.2. The summed E-state index contributed by atoms with van der Waals surface area (Å²) < 4.78 is 0.227. The number of carbonyl (C=O) groups is 1. The maximum Gasteiger partial charge on any atom is 0.280 e. The summed E-state index contributed by atoms with van der Waals surface area (Å²) in [7, 11) is 0. The molecule has 18 heavy (non-hydrogen) atoms. The van der Waals surface area contributed by atoms with E-state index in [1.54, 1.807) is 18.2 Å². The largest absolute Gasteiger partial charge is 0.280 e. The lowest BCUT2D eigenvalue weighted by atomic mass is 10.1. The lowest BCUT2D eigenvalue weighted by Gasteiger charge is -2.03. The molecule has 1 saturated heterocycles. The quantitative estimate of drug-likeness (QED) is 0.221. The van der Waals surface area contributed by atoms with Crippen molar-refractivity contribution in [3.8, 4) is 0 Å². The van der Waals surface area contributed by atoms with Gasteiger partial charge in [0.2, 0.25) is 0 Å². The summed E-state index contributed by atoms with van der Waals surface area (Å²) in [4.78, 5) is 22.3. The molecule has 0 unspecified atom stereocenters. The second-order valence-electron chi connectivity index (χ2n) is 3.37. The molecule has 0 aromatic heterocycles. The number of hydrogen-bond acceptors (Lipinski definition) is 6. The Balaban J connectivity index is 2.43. The topological polar surface area (TPSA) is 89.5 Å². The van der Waals surface area contributed by atoms with Gasteiger partial charge in [0.05, 0.1) is 15.4 Å². The second kappa shape index (κ2) is 4.84. The number of nitro benzene ring substituents is 1. The van der Waals surface area contributed by atoms with E-state index >= 15 is 0 Å². The molecule has 2 N–H and O–H groups in total. The van der Waals surface area contributed by atoms with Crippen LogP contribution in [0.5, 0.6) is 0 Å². The van der Waals surface area contributed by atoms with Gasteiger partial charge in [-0.3, -0.25) is 14.9 Å². The van der Waals surface area contributed by atoms with Crippen LogP contribution in [-0.2, 0) is 4.79 Å². The summed E-state index contributed by atoms with van der Waals surface area (Å²) in [5.74, 6) is 4.96. The van der Waals surface area contributed by atoms with Crippen molar-refractivity contribution in [2.75, 3.05) is 0 Å². The molecule has 1 aromatic rings. The Morgan fingerprint density at radius 3 is 2.67 bits per heavy atom. The molecule has 2 rings (SSSR count). The molecule has 1 amide bonds. The first-order chi connectivity index (χ1) is 8.50. The van der Waals surface area contributed by atoms with Crippen LogP contribution >= 0.6 is 24.0 Å². The minimum absolute atomic E-state index is 0.0696. The van der Waals surface area contributed by atoms with Crippen molar-refractivity contribution in [3.05, 3.63) is 44.8 Å². The van der Waals surface area contributed by atoms with Gasteiger partial charge in [-0.1, -0.05) is 36.1 Å². The molecule has 8 heteroatoms. The van der Waals surface area contributed by atoms with E-state index in [0.29, 0.717) is 5.56 Å². The summed E-state index contributed by atoms with van der Waals surface area (Å²) in [5, 5.41) is 11.7. The second-order valence-corrected chi connectivity index (χ2v) is 5.04. The lowest BCUT2D eigenvalue weighted by Crippen LogP contribution is -2.34. The Kier molecular flexibility index (Phi) is 3.41. The number of thiocarbonyl (C=S) groups is 1. The Morgan fingerprint density at radius 2 is 2.11 bits per heavy atom. The van der Waals surface area contributed by atoms with E-state index in [1.807, 2.05) is 0 Å². The van der Waals surface area contributed by atoms with Crippen LogP contribution in [0.4, 0.5) is 5.69 Å². The fourth-order valence-corrected chi connectivity index (χ4v) is 2.49. The predicted molar refractivity (Wildman–Crippen MR) is 72.3 cm³/mol. The molecular formula is C10H7N3O3S2. The van der Waals surface area contributed by atoms with E-state index in [1.165, 1.54) is 12.1 Å². The lowest BCUT2D eigenvalue weighted by molar-refractivity contribution is -0.385. The number of amides is 1. The van der Waals surface area contributed by atoms with Crippen molar-refractivity contribution in [1.29, 1.82) is 0 Å². The molecule has 1 aromatic carbocycles. The third kappa shape index (κ3) is 2.26. The van der Waals surface area contributed by atoms with E-state index in [9.17, 15) is 14.9 Å². The molecule has 0 radical (unpaired) electrons. The normalized spacial score (nSPS) is 17.6. The van der Waals surface area contributed by atoms with Gasteiger partial charge in [-0.15, -0.1) is 0 Å². The van der Waals surface area contributed by atoms with Gasteiger partial charge >= 0.3 is 0 Å². The molecule has 6 nitrogen and oxygen atoms in total. The number of nitrogens with two attached hydrogens (primary N) is 1. The van der Waals surface area contributed by atoms with Gasteiger partial charge in [-0.25, -0.2) is 10.9 Å². The average molecular weight is 281 g/mol. The first-order valence-electron chi connectivity index (χ1n) is 4.77. The number of carbonyl (C=O) groups excluding carboxylic acids is 1. The number of nitro groups is 1. The molecule has 0 saturated carbocycles. The Labute approximate surface area is 112 Å². The zero-order valence-electron chi connectivity index (χ0n) is 8.90. The van der Waals surface area contributed by atoms with Crippen LogP contribution in [0.3, 0.4) is 0 Å². The Morgan fingerprint density at radius 1 is 1.44 bits per heavy atom. The van der Waals surface area contributed by atoms with Gasteiger partial charge in [0.15, 0.2) is 4.32 Å². The molecule has 1 aliphatic heterocycles. The summed E-state index contributed by atoms with van der Waals surface area (Å²) >= 11 is 5.88. The summed E-state index contributed by atoms with van der Waals surface area (Å²) in [5.41, 5.74) is 0.274. The van der Waals surface area contributed by atoms with Crippen molar-refractivity contribution in [3.63, 3.8) is 0 Å². The fraction of sp³-hybridized carbons (Fsp3) is 0. The molecule has 0 atom stereocenters. The number of benzene rings is 1. The molecule has 92 valence electrons. The van der Waals surface area contributed by atoms with E-state index in [2.05, 4.69) is 0 Å². The highest BCUT2D eigenvalue weighted by Gasteiger charge is 2.30. The van der Waals surface area contributed by atoms with E-state index in [4.69, 9.17) is 18.1 Å². The number of hydrogen-bond donors (Lipinski definition) is 1. The molecule has 0 spiro atoms. The van der Waals surface area contributed by atoms with Crippen LogP contribution < -0.4 is 5.84 Å². The molecule has 0 bridgehead atoms. The average Bonchev–Trinajstić information content (AvgIpc) is 2.57. The van der Waals surface area contributed by atoms with E-state index in [-0.39, 0.29) is 14.9 Å². The standard InChI is InChI=1S/C10H7N3O3S2/c11-12-9(14)8(18-10(12)17)5-6-3-1-2-4-7(6)13(15)16/h1-5H,11H2/b8-5+. The van der Waals surface area contributed by atoms with Gasteiger partial charge < -0.3 is 0 Å². The summed E-state index contributed by atoms with van der Waals surface area (Å²) in [6.07, 6.45) is 1.42. The molecule has 1 aliphatic rings.